The van der Waals surface area contributed by atoms with Crippen molar-refractivity contribution in [2.75, 3.05) is 7.05 Å². The lowest BCUT2D eigenvalue weighted by Crippen LogP contribution is -2.21. The third kappa shape index (κ3) is 2.24. The van der Waals surface area contributed by atoms with E-state index in [9.17, 15) is 0 Å². The molecular weight excluding hydrogens is 210 g/mol. The smallest absolute Gasteiger partial charge is 0.0748 e. The minimum atomic E-state index is 0.197. The standard InChI is InChI=1S/C14H19N3/c1-10-5-6-11(2)12(9-10)14(15-3)13-7-8-16-17(13)4/h5-9,14-15H,1-4H3. The molecule has 1 aromatic heterocycles. The molecule has 0 aliphatic rings. The lowest BCUT2D eigenvalue weighted by Gasteiger charge is -2.19. The molecule has 0 bridgehead atoms. The largest absolute Gasteiger partial charge is 0.308 e. The van der Waals surface area contributed by atoms with Gasteiger partial charge in [0.2, 0.25) is 0 Å². The average Bonchev–Trinajstić information content (AvgIpc) is 2.71. The average molecular weight is 229 g/mol. The van der Waals surface area contributed by atoms with Crippen molar-refractivity contribution in [3.63, 3.8) is 0 Å². The van der Waals surface area contributed by atoms with Crippen LogP contribution in [0.15, 0.2) is 30.5 Å². The first kappa shape index (κ1) is 11.9. The van der Waals surface area contributed by atoms with Crippen molar-refractivity contribution < 1.29 is 0 Å². The Balaban J connectivity index is 2.49. The number of nitrogens with one attached hydrogen (secondary N) is 1. The second-order valence-corrected chi connectivity index (χ2v) is 4.46. The summed E-state index contributed by atoms with van der Waals surface area (Å²) in [6, 6.07) is 8.81. The van der Waals surface area contributed by atoms with Gasteiger partial charge in [-0.2, -0.15) is 5.10 Å². The maximum atomic E-state index is 4.24. The molecule has 0 radical (unpaired) electrons. The zero-order valence-electron chi connectivity index (χ0n) is 10.9. The van der Waals surface area contributed by atoms with Crippen LogP contribution >= 0.6 is 0 Å². The summed E-state index contributed by atoms with van der Waals surface area (Å²) in [6.07, 6.45) is 1.84. The van der Waals surface area contributed by atoms with Gasteiger partial charge in [0.25, 0.3) is 0 Å². The Morgan fingerprint density at radius 1 is 1.24 bits per heavy atom. The van der Waals surface area contributed by atoms with E-state index >= 15 is 0 Å². The molecule has 0 amide bonds. The van der Waals surface area contributed by atoms with Crippen LogP contribution in [0.25, 0.3) is 0 Å². The van der Waals surface area contributed by atoms with Crippen molar-refractivity contribution in [2.24, 2.45) is 7.05 Å². The zero-order chi connectivity index (χ0) is 12.4. The molecule has 0 saturated carbocycles. The van der Waals surface area contributed by atoms with Gasteiger partial charge in [0, 0.05) is 13.2 Å². The molecule has 1 aromatic carbocycles. The first-order chi connectivity index (χ1) is 8.13. The number of hydrogen-bond acceptors (Lipinski definition) is 2. The van der Waals surface area contributed by atoms with E-state index in [2.05, 4.69) is 48.5 Å². The SMILES string of the molecule is CNC(c1cc(C)ccc1C)c1ccnn1C. The molecule has 1 N–H and O–H groups in total. The molecule has 1 unspecified atom stereocenters. The maximum absolute atomic E-state index is 4.24. The molecule has 2 aromatic rings. The quantitative estimate of drug-likeness (QED) is 0.875. The summed E-state index contributed by atoms with van der Waals surface area (Å²) in [5.74, 6) is 0. The van der Waals surface area contributed by atoms with E-state index in [1.165, 1.54) is 22.4 Å². The van der Waals surface area contributed by atoms with Gasteiger partial charge in [0.15, 0.2) is 0 Å². The third-order valence-corrected chi connectivity index (χ3v) is 3.19. The summed E-state index contributed by atoms with van der Waals surface area (Å²) < 4.78 is 1.92. The molecule has 0 fully saturated rings. The lowest BCUT2D eigenvalue weighted by molar-refractivity contribution is 0.603. The van der Waals surface area contributed by atoms with Crippen molar-refractivity contribution in [3.05, 3.63) is 52.8 Å². The monoisotopic (exact) mass is 229 g/mol. The van der Waals surface area contributed by atoms with Crippen LogP contribution in [0.1, 0.15) is 28.4 Å². The first-order valence-electron chi connectivity index (χ1n) is 5.86. The van der Waals surface area contributed by atoms with E-state index in [-0.39, 0.29) is 6.04 Å². The highest BCUT2D eigenvalue weighted by atomic mass is 15.3. The number of nitrogens with zero attached hydrogens (tertiary/aromatic N) is 2. The van der Waals surface area contributed by atoms with Gasteiger partial charge in [0.05, 0.1) is 11.7 Å². The van der Waals surface area contributed by atoms with Crippen molar-refractivity contribution in [1.29, 1.82) is 0 Å². The maximum Gasteiger partial charge on any atom is 0.0748 e. The summed E-state index contributed by atoms with van der Waals surface area (Å²) in [5, 5.41) is 7.61. The number of hydrogen-bond donors (Lipinski definition) is 1. The van der Waals surface area contributed by atoms with Crippen molar-refractivity contribution >= 4 is 0 Å². The molecule has 2 rings (SSSR count). The van der Waals surface area contributed by atoms with Crippen LogP contribution in [0.3, 0.4) is 0 Å². The number of aromatic nitrogens is 2. The minimum absolute atomic E-state index is 0.197. The lowest BCUT2D eigenvalue weighted by atomic mass is 9.97. The van der Waals surface area contributed by atoms with E-state index in [0.717, 1.165) is 0 Å². The van der Waals surface area contributed by atoms with Crippen LogP contribution in [0.5, 0.6) is 0 Å². The van der Waals surface area contributed by atoms with Crippen molar-refractivity contribution in [2.45, 2.75) is 19.9 Å². The van der Waals surface area contributed by atoms with E-state index in [1.807, 2.05) is 25.0 Å². The van der Waals surface area contributed by atoms with Gasteiger partial charge in [-0.3, -0.25) is 4.68 Å². The summed E-state index contributed by atoms with van der Waals surface area (Å²) in [6.45, 7) is 4.27. The van der Waals surface area contributed by atoms with Crippen LogP contribution in [-0.4, -0.2) is 16.8 Å². The highest BCUT2D eigenvalue weighted by molar-refractivity contribution is 5.37. The Morgan fingerprint density at radius 2 is 2.00 bits per heavy atom. The van der Waals surface area contributed by atoms with E-state index in [4.69, 9.17) is 0 Å². The molecular formula is C14H19N3. The minimum Gasteiger partial charge on any atom is -0.308 e. The predicted octanol–water partition coefficient (Wildman–Crippen LogP) is 2.35. The Kier molecular flexibility index (Phi) is 3.29. The fourth-order valence-electron chi connectivity index (χ4n) is 2.20. The highest BCUT2D eigenvalue weighted by Crippen LogP contribution is 2.24. The van der Waals surface area contributed by atoms with E-state index in [1.54, 1.807) is 0 Å². The molecule has 90 valence electrons. The molecule has 0 aliphatic heterocycles. The van der Waals surface area contributed by atoms with Crippen LogP contribution < -0.4 is 5.32 Å². The molecule has 17 heavy (non-hydrogen) atoms. The number of benzene rings is 1. The Hall–Kier alpha value is -1.61. The van der Waals surface area contributed by atoms with Gasteiger partial charge in [-0.25, -0.2) is 0 Å². The van der Waals surface area contributed by atoms with Gasteiger partial charge < -0.3 is 5.32 Å². The van der Waals surface area contributed by atoms with Crippen molar-refractivity contribution in [1.82, 2.24) is 15.1 Å². The van der Waals surface area contributed by atoms with Gasteiger partial charge in [-0.15, -0.1) is 0 Å². The Labute approximate surface area is 102 Å². The molecule has 0 saturated heterocycles. The van der Waals surface area contributed by atoms with Crippen LogP contribution in [0.4, 0.5) is 0 Å². The molecule has 3 heteroatoms. The second kappa shape index (κ2) is 4.72. The molecule has 0 spiro atoms. The van der Waals surface area contributed by atoms with Gasteiger partial charge in [0.1, 0.15) is 0 Å². The highest BCUT2D eigenvalue weighted by Gasteiger charge is 2.17. The van der Waals surface area contributed by atoms with Gasteiger partial charge >= 0.3 is 0 Å². The summed E-state index contributed by atoms with van der Waals surface area (Å²) in [4.78, 5) is 0. The van der Waals surface area contributed by atoms with Crippen LogP contribution in [-0.2, 0) is 7.05 Å². The first-order valence-corrected chi connectivity index (χ1v) is 5.86. The second-order valence-electron chi connectivity index (χ2n) is 4.46. The summed E-state index contributed by atoms with van der Waals surface area (Å²) in [7, 11) is 3.96. The molecule has 1 atom stereocenters. The normalized spacial score (nSPS) is 12.7. The Bertz CT molecular complexity index is 514. The molecule has 3 nitrogen and oxygen atoms in total. The third-order valence-electron chi connectivity index (χ3n) is 3.19. The fourth-order valence-corrected chi connectivity index (χ4v) is 2.20. The fraction of sp³-hybridized carbons (Fsp3) is 0.357. The van der Waals surface area contributed by atoms with Gasteiger partial charge in [-0.1, -0.05) is 23.8 Å². The summed E-state index contributed by atoms with van der Waals surface area (Å²) in [5.41, 5.74) is 5.08. The topological polar surface area (TPSA) is 29.9 Å². The van der Waals surface area contributed by atoms with E-state index in [0.29, 0.717) is 0 Å². The number of aryl methyl sites for hydroxylation is 3. The predicted molar refractivity (Wildman–Crippen MR) is 70.0 cm³/mol. The summed E-state index contributed by atoms with van der Waals surface area (Å²) >= 11 is 0. The zero-order valence-corrected chi connectivity index (χ0v) is 10.9. The van der Waals surface area contributed by atoms with Crippen LogP contribution in [0.2, 0.25) is 0 Å². The van der Waals surface area contributed by atoms with Gasteiger partial charge in [-0.05, 0) is 38.1 Å². The number of rotatable bonds is 3. The molecule has 1 heterocycles. The Morgan fingerprint density at radius 3 is 2.59 bits per heavy atom. The van der Waals surface area contributed by atoms with Crippen LogP contribution in [0, 0.1) is 13.8 Å². The molecule has 0 aliphatic carbocycles. The van der Waals surface area contributed by atoms with Crippen molar-refractivity contribution in [3.8, 4) is 0 Å². The van der Waals surface area contributed by atoms with E-state index < -0.39 is 0 Å².